The second-order valence-corrected chi connectivity index (χ2v) is 7.89. The molecule has 0 bridgehead atoms. The van der Waals surface area contributed by atoms with Crippen LogP contribution in [0.5, 0.6) is 0 Å². The van der Waals surface area contributed by atoms with Crippen molar-refractivity contribution in [1.82, 2.24) is 24.4 Å². The molecule has 0 N–H and O–H groups in total. The summed E-state index contributed by atoms with van der Waals surface area (Å²) in [6.45, 7) is 1.68. The van der Waals surface area contributed by atoms with Crippen LogP contribution in [0.1, 0.15) is 62.3 Å². The van der Waals surface area contributed by atoms with Gasteiger partial charge >= 0.3 is 0 Å². The van der Waals surface area contributed by atoms with E-state index in [1.807, 2.05) is 34.9 Å². The van der Waals surface area contributed by atoms with E-state index in [2.05, 4.69) is 14.9 Å². The van der Waals surface area contributed by atoms with E-state index in [0.29, 0.717) is 6.54 Å². The number of likely N-dealkylation sites (tertiary alicyclic amines) is 1. The van der Waals surface area contributed by atoms with E-state index in [9.17, 15) is 4.79 Å². The van der Waals surface area contributed by atoms with Gasteiger partial charge < -0.3 is 0 Å². The molecular weight excluding hydrogens is 350 g/mol. The van der Waals surface area contributed by atoms with E-state index >= 15 is 0 Å². The van der Waals surface area contributed by atoms with Crippen LogP contribution in [-0.4, -0.2) is 31.0 Å². The minimum atomic E-state index is 0.121. The third-order valence-electron chi connectivity index (χ3n) is 6.15. The zero-order chi connectivity index (χ0) is 18.9. The van der Waals surface area contributed by atoms with Crippen molar-refractivity contribution in [3.8, 4) is 0 Å². The monoisotopic (exact) mass is 375 g/mol. The normalized spacial score (nSPS) is 20.9. The van der Waals surface area contributed by atoms with Gasteiger partial charge in [-0.3, -0.25) is 14.3 Å². The highest BCUT2D eigenvalue weighted by molar-refractivity contribution is 5.77. The van der Waals surface area contributed by atoms with Crippen molar-refractivity contribution < 1.29 is 0 Å². The summed E-state index contributed by atoms with van der Waals surface area (Å²) in [5.41, 5.74) is 0.926. The van der Waals surface area contributed by atoms with Crippen molar-refractivity contribution in [2.24, 2.45) is 0 Å². The van der Waals surface area contributed by atoms with Gasteiger partial charge in [-0.25, -0.2) is 15.0 Å². The predicted octanol–water partition coefficient (Wildman–Crippen LogP) is 3.64. The molecule has 5 rings (SSSR count). The Balaban J connectivity index is 1.60. The molecule has 1 aliphatic heterocycles. The van der Waals surface area contributed by atoms with E-state index in [-0.39, 0.29) is 17.6 Å². The standard InChI is InChI=1S/C22H25N5O/c28-22-17-9-3-4-10-18(17)25-21(27(22)16-7-1-2-8-16)19-11-5-14-26(19)15-20-23-12-6-13-24-20/h3-4,6,9-10,12-13,16,19H,1-2,5,7-8,11,14-15H2. The van der Waals surface area contributed by atoms with Crippen molar-refractivity contribution in [2.45, 2.75) is 57.2 Å². The Kier molecular flexibility index (Phi) is 4.64. The van der Waals surface area contributed by atoms with Crippen LogP contribution < -0.4 is 5.56 Å². The van der Waals surface area contributed by atoms with Crippen LogP contribution in [0.2, 0.25) is 0 Å². The van der Waals surface area contributed by atoms with Crippen molar-refractivity contribution in [3.05, 3.63) is 64.7 Å². The molecule has 0 spiro atoms. The zero-order valence-corrected chi connectivity index (χ0v) is 16.0. The maximum Gasteiger partial charge on any atom is 0.261 e. The minimum absolute atomic E-state index is 0.121. The largest absolute Gasteiger partial charge is 0.292 e. The Morgan fingerprint density at radius 3 is 2.57 bits per heavy atom. The van der Waals surface area contributed by atoms with Crippen LogP contribution in [0.15, 0.2) is 47.5 Å². The SMILES string of the molecule is O=c1c2ccccc2nc(C2CCCN2Cc2ncccn2)n1C1CCCC1. The molecule has 0 amide bonds. The summed E-state index contributed by atoms with van der Waals surface area (Å²) in [4.78, 5) is 29.7. The van der Waals surface area contributed by atoms with Crippen LogP contribution in [0.3, 0.4) is 0 Å². The highest BCUT2D eigenvalue weighted by Crippen LogP contribution is 2.36. The molecule has 1 saturated carbocycles. The zero-order valence-electron chi connectivity index (χ0n) is 16.0. The first-order valence-electron chi connectivity index (χ1n) is 10.3. The quantitative estimate of drug-likeness (QED) is 0.697. The van der Waals surface area contributed by atoms with Crippen molar-refractivity contribution >= 4 is 10.9 Å². The molecule has 6 nitrogen and oxygen atoms in total. The Labute approximate surface area is 164 Å². The van der Waals surface area contributed by atoms with E-state index in [1.165, 1.54) is 12.8 Å². The lowest BCUT2D eigenvalue weighted by Gasteiger charge is -2.28. The summed E-state index contributed by atoms with van der Waals surface area (Å²) in [7, 11) is 0. The summed E-state index contributed by atoms with van der Waals surface area (Å²) >= 11 is 0. The van der Waals surface area contributed by atoms with E-state index in [0.717, 1.165) is 54.8 Å². The maximum absolute atomic E-state index is 13.4. The number of fused-ring (bicyclic) bond motifs is 1. The van der Waals surface area contributed by atoms with E-state index in [4.69, 9.17) is 4.98 Å². The number of aromatic nitrogens is 4. The van der Waals surface area contributed by atoms with Gasteiger partial charge in [0, 0.05) is 18.4 Å². The highest BCUT2D eigenvalue weighted by atomic mass is 16.1. The lowest BCUT2D eigenvalue weighted by Crippen LogP contribution is -2.34. The van der Waals surface area contributed by atoms with Gasteiger partial charge in [0.2, 0.25) is 0 Å². The fourth-order valence-corrected chi connectivity index (χ4v) is 4.81. The molecule has 1 aliphatic carbocycles. The minimum Gasteiger partial charge on any atom is -0.292 e. The topological polar surface area (TPSA) is 63.9 Å². The number of hydrogen-bond acceptors (Lipinski definition) is 5. The molecule has 1 atom stereocenters. The number of para-hydroxylation sites is 1. The highest BCUT2D eigenvalue weighted by Gasteiger charge is 2.33. The van der Waals surface area contributed by atoms with Crippen LogP contribution in [0.4, 0.5) is 0 Å². The Hall–Kier alpha value is -2.60. The molecule has 2 aliphatic rings. The molecule has 144 valence electrons. The smallest absolute Gasteiger partial charge is 0.261 e. The molecule has 2 fully saturated rings. The van der Waals surface area contributed by atoms with Crippen LogP contribution in [-0.2, 0) is 6.54 Å². The van der Waals surface area contributed by atoms with E-state index in [1.54, 1.807) is 12.4 Å². The second kappa shape index (κ2) is 7.43. The van der Waals surface area contributed by atoms with Gasteiger partial charge in [-0.15, -0.1) is 0 Å². The number of benzene rings is 1. The Bertz CT molecular complexity index is 1030. The molecule has 1 unspecified atom stereocenters. The second-order valence-electron chi connectivity index (χ2n) is 7.89. The van der Waals surface area contributed by atoms with Gasteiger partial charge in [-0.1, -0.05) is 25.0 Å². The molecule has 0 radical (unpaired) electrons. The van der Waals surface area contributed by atoms with E-state index < -0.39 is 0 Å². The number of hydrogen-bond donors (Lipinski definition) is 0. The summed E-state index contributed by atoms with van der Waals surface area (Å²) in [5, 5.41) is 0.731. The molecule has 28 heavy (non-hydrogen) atoms. The van der Waals surface area contributed by atoms with Gasteiger partial charge in [0.25, 0.3) is 5.56 Å². The van der Waals surface area contributed by atoms with Gasteiger partial charge in [-0.05, 0) is 50.4 Å². The van der Waals surface area contributed by atoms with Gasteiger partial charge in [0.15, 0.2) is 0 Å². The average molecular weight is 375 g/mol. The summed E-state index contributed by atoms with van der Waals surface area (Å²) in [5.74, 6) is 1.76. The number of nitrogens with zero attached hydrogens (tertiary/aromatic N) is 5. The number of rotatable bonds is 4. The Morgan fingerprint density at radius 2 is 1.75 bits per heavy atom. The Morgan fingerprint density at radius 1 is 0.964 bits per heavy atom. The average Bonchev–Trinajstić information content (AvgIpc) is 3.41. The fraction of sp³-hybridized carbons (Fsp3) is 0.455. The van der Waals surface area contributed by atoms with Crippen molar-refractivity contribution in [1.29, 1.82) is 0 Å². The molecule has 3 heterocycles. The van der Waals surface area contributed by atoms with Crippen LogP contribution in [0.25, 0.3) is 10.9 Å². The fourth-order valence-electron chi connectivity index (χ4n) is 4.81. The van der Waals surface area contributed by atoms with Gasteiger partial charge in [0.05, 0.1) is 23.5 Å². The van der Waals surface area contributed by atoms with Gasteiger partial charge in [0.1, 0.15) is 11.6 Å². The molecule has 1 aromatic carbocycles. The third-order valence-corrected chi connectivity index (χ3v) is 6.15. The van der Waals surface area contributed by atoms with Gasteiger partial charge in [-0.2, -0.15) is 0 Å². The van der Waals surface area contributed by atoms with Crippen LogP contribution in [0, 0.1) is 0 Å². The third kappa shape index (κ3) is 3.11. The summed E-state index contributed by atoms with van der Waals surface area (Å²) < 4.78 is 2.03. The molecule has 3 aromatic rings. The lowest BCUT2D eigenvalue weighted by molar-refractivity contribution is 0.223. The molecule has 6 heteroatoms. The van der Waals surface area contributed by atoms with Crippen LogP contribution >= 0.6 is 0 Å². The van der Waals surface area contributed by atoms with Crippen molar-refractivity contribution in [3.63, 3.8) is 0 Å². The first kappa shape index (κ1) is 17.5. The molecular formula is C22H25N5O. The summed E-state index contributed by atoms with van der Waals surface area (Å²) in [6, 6.07) is 10.0. The van der Waals surface area contributed by atoms with Crippen molar-refractivity contribution in [2.75, 3.05) is 6.54 Å². The first-order chi connectivity index (χ1) is 13.8. The molecule has 2 aromatic heterocycles. The summed E-state index contributed by atoms with van der Waals surface area (Å²) in [6.07, 6.45) is 10.2. The maximum atomic E-state index is 13.4. The lowest BCUT2D eigenvalue weighted by atomic mass is 10.1. The first-order valence-corrected chi connectivity index (χ1v) is 10.3. The predicted molar refractivity (Wildman–Crippen MR) is 108 cm³/mol. The molecule has 1 saturated heterocycles.